The van der Waals surface area contributed by atoms with Crippen molar-refractivity contribution in [2.45, 2.75) is 71.9 Å². The van der Waals surface area contributed by atoms with Gasteiger partial charge in [-0.3, -0.25) is 4.79 Å². The van der Waals surface area contributed by atoms with E-state index in [-0.39, 0.29) is 18.0 Å². The Hall–Kier alpha value is -4.20. The standard InChI is InChI=1S/C36H47N3O5/c1-7-38(8-2)34(40)28-12-9-11-26(23-28)14-15-27-16-21-32(33(24-27)43-31-19-17-30(42-6)18-20-31)37-25-29-13-10-22-39(29)35(41)44-36(3,4)5/h9,11-12,16-21,23-24,29,37H,7-8,10,13-15,22,25H2,1-6H3/t29-/m0/s1. The quantitative estimate of drug-likeness (QED) is 0.231. The van der Waals surface area contributed by atoms with Gasteiger partial charge in [0.1, 0.15) is 17.1 Å². The molecule has 2 amide bonds. The first-order valence-corrected chi connectivity index (χ1v) is 15.7. The summed E-state index contributed by atoms with van der Waals surface area (Å²) in [7, 11) is 1.64. The Morgan fingerprint density at radius 1 is 0.932 bits per heavy atom. The molecule has 1 atom stereocenters. The lowest BCUT2D eigenvalue weighted by Gasteiger charge is -2.29. The van der Waals surface area contributed by atoms with Gasteiger partial charge in [-0.15, -0.1) is 0 Å². The van der Waals surface area contributed by atoms with Crippen molar-refractivity contribution in [3.8, 4) is 17.2 Å². The van der Waals surface area contributed by atoms with Gasteiger partial charge in [0.25, 0.3) is 5.91 Å². The number of nitrogens with zero attached hydrogens (tertiary/aromatic N) is 2. The number of aryl methyl sites for hydroxylation is 2. The molecule has 236 valence electrons. The molecule has 1 fully saturated rings. The number of amides is 2. The molecule has 1 aliphatic rings. The Labute approximate surface area is 262 Å². The Morgan fingerprint density at radius 3 is 2.27 bits per heavy atom. The molecule has 3 aromatic carbocycles. The molecule has 0 saturated carbocycles. The van der Waals surface area contributed by atoms with Gasteiger partial charge in [-0.1, -0.05) is 18.2 Å². The van der Waals surface area contributed by atoms with E-state index >= 15 is 0 Å². The van der Waals surface area contributed by atoms with E-state index in [1.54, 1.807) is 7.11 Å². The molecule has 1 N–H and O–H groups in total. The maximum Gasteiger partial charge on any atom is 0.410 e. The van der Waals surface area contributed by atoms with Crippen LogP contribution in [-0.4, -0.2) is 66.7 Å². The molecule has 0 bridgehead atoms. The summed E-state index contributed by atoms with van der Waals surface area (Å²) in [4.78, 5) is 29.4. The van der Waals surface area contributed by atoms with Crippen LogP contribution >= 0.6 is 0 Å². The zero-order chi connectivity index (χ0) is 31.7. The van der Waals surface area contributed by atoms with E-state index in [1.807, 2.05) is 92.9 Å². The molecular formula is C36H47N3O5. The van der Waals surface area contributed by atoms with Crippen molar-refractivity contribution in [1.82, 2.24) is 9.80 Å². The predicted molar refractivity (Wildman–Crippen MR) is 175 cm³/mol. The van der Waals surface area contributed by atoms with Gasteiger partial charge in [0.15, 0.2) is 5.75 Å². The molecule has 0 aliphatic carbocycles. The number of nitrogens with one attached hydrogen (secondary N) is 1. The fraction of sp³-hybridized carbons (Fsp3) is 0.444. The van der Waals surface area contributed by atoms with Crippen LogP contribution < -0.4 is 14.8 Å². The Bertz CT molecular complexity index is 1400. The topological polar surface area (TPSA) is 80.3 Å². The summed E-state index contributed by atoms with van der Waals surface area (Å²) in [6.07, 6.45) is 3.17. The molecule has 1 heterocycles. The van der Waals surface area contributed by atoms with Crippen molar-refractivity contribution < 1.29 is 23.8 Å². The van der Waals surface area contributed by atoms with Crippen LogP contribution in [0.15, 0.2) is 66.7 Å². The number of carbonyl (C=O) groups excluding carboxylic acids is 2. The number of hydrogen-bond donors (Lipinski definition) is 1. The Kier molecular flexibility index (Phi) is 11.1. The Balaban J connectivity index is 1.50. The number of carbonyl (C=O) groups is 2. The van der Waals surface area contributed by atoms with E-state index in [0.29, 0.717) is 37.7 Å². The maximum absolute atomic E-state index is 12.9. The van der Waals surface area contributed by atoms with Crippen molar-refractivity contribution in [3.05, 3.63) is 83.4 Å². The summed E-state index contributed by atoms with van der Waals surface area (Å²) in [5, 5.41) is 3.55. The number of rotatable bonds is 12. The molecular weight excluding hydrogens is 554 g/mol. The SMILES string of the molecule is CCN(CC)C(=O)c1cccc(CCc2ccc(NC[C@@H]3CCCN3C(=O)OC(C)(C)C)c(Oc3ccc(OC)cc3)c2)c1. The molecule has 0 aromatic heterocycles. The van der Waals surface area contributed by atoms with Crippen LogP contribution in [0.3, 0.4) is 0 Å². The zero-order valence-electron chi connectivity index (χ0n) is 27.0. The van der Waals surface area contributed by atoms with Crippen molar-refractivity contribution in [2.24, 2.45) is 0 Å². The molecule has 8 nitrogen and oxygen atoms in total. The number of likely N-dealkylation sites (tertiary alicyclic amines) is 1. The summed E-state index contributed by atoms with van der Waals surface area (Å²) in [5.74, 6) is 2.23. The van der Waals surface area contributed by atoms with E-state index < -0.39 is 5.60 Å². The van der Waals surface area contributed by atoms with Crippen LogP contribution in [0.5, 0.6) is 17.2 Å². The first-order valence-electron chi connectivity index (χ1n) is 15.7. The fourth-order valence-electron chi connectivity index (χ4n) is 5.40. The first-order chi connectivity index (χ1) is 21.1. The lowest BCUT2D eigenvalue weighted by atomic mass is 10.0. The van der Waals surface area contributed by atoms with Crippen molar-refractivity contribution in [3.63, 3.8) is 0 Å². The van der Waals surface area contributed by atoms with E-state index in [2.05, 4.69) is 23.5 Å². The highest BCUT2D eigenvalue weighted by molar-refractivity contribution is 5.94. The average molecular weight is 602 g/mol. The highest BCUT2D eigenvalue weighted by Gasteiger charge is 2.32. The van der Waals surface area contributed by atoms with Gasteiger partial charge in [0.05, 0.1) is 18.8 Å². The Morgan fingerprint density at radius 2 is 1.61 bits per heavy atom. The van der Waals surface area contributed by atoms with E-state index in [4.69, 9.17) is 14.2 Å². The normalized spacial score (nSPS) is 14.7. The summed E-state index contributed by atoms with van der Waals surface area (Å²) < 4.78 is 17.3. The van der Waals surface area contributed by atoms with Gasteiger partial charge < -0.3 is 29.3 Å². The summed E-state index contributed by atoms with van der Waals surface area (Å²) in [6.45, 7) is 12.3. The number of methoxy groups -OCH3 is 1. The number of benzene rings is 3. The van der Waals surface area contributed by atoms with Crippen molar-refractivity contribution >= 4 is 17.7 Å². The highest BCUT2D eigenvalue weighted by Crippen LogP contribution is 2.33. The van der Waals surface area contributed by atoms with Crippen LogP contribution in [0.2, 0.25) is 0 Å². The van der Waals surface area contributed by atoms with E-state index in [0.717, 1.165) is 53.8 Å². The fourth-order valence-corrected chi connectivity index (χ4v) is 5.40. The monoisotopic (exact) mass is 601 g/mol. The lowest BCUT2D eigenvalue weighted by molar-refractivity contribution is 0.0235. The summed E-state index contributed by atoms with van der Waals surface area (Å²) >= 11 is 0. The van der Waals surface area contributed by atoms with Gasteiger partial charge in [0, 0.05) is 31.7 Å². The molecule has 0 unspecified atom stereocenters. The van der Waals surface area contributed by atoms with Gasteiger partial charge in [-0.2, -0.15) is 0 Å². The van der Waals surface area contributed by atoms with Gasteiger partial charge >= 0.3 is 6.09 Å². The molecule has 1 aliphatic heterocycles. The second kappa shape index (κ2) is 15.0. The molecule has 1 saturated heterocycles. The van der Waals surface area contributed by atoms with Crippen LogP contribution in [0.4, 0.5) is 10.5 Å². The zero-order valence-corrected chi connectivity index (χ0v) is 27.0. The minimum Gasteiger partial charge on any atom is -0.497 e. The van der Waals surface area contributed by atoms with E-state index in [1.165, 1.54) is 0 Å². The molecule has 3 aromatic rings. The predicted octanol–water partition coefficient (Wildman–Crippen LogP) is 7.57. The maximum atomic E-state index is 12.9. The second-order valence-electron chi connectivity index (χ2n) is 12.1. The van der Waals surface area contributed by atoms with Gasteiger partial charge in [-0.25, -0.2) is 4.79 Å². The van der Waals surface area contributed by atoms with Crippen molar-refractivity contribution in [1.29, 1.82) is 0 Å². The van der Waals surface area contributed by atoms with Crippen LogP contribution in [0, 0.1) is 0 Å². The lowest BCUT2D eigenvalue weighted by Crippen LogP contribution is -2.42. The summed E-state index contributed by atoms with van der Waals surface area (Å²) in [6, 6.07) is 21.7. The molecule has 8 heteroatoms. The smallest absolute Gasteiger partial charge is 0.410 e. The first kappa shape index (κ1) is 32.7. The highest BCUT2D eigenvalue weighted by atomic mass is 16.6. The van der Waals surface area contributed by atoms with Gasteiger partial charge in [-0.05, 0) is 120 Å². The van der Waals surface area contributed by atoms with Crippen LogP contribution in [0.1, 0.15) is 68.9 Å². The number of ether oxygens (including phenoxy) is 3. The molecule has 44 heavy (non-hydrogen) atoms. The van der Waals surface area contributed by atoms with Crippen LogP contribution in [-0.2, 0) is 17.6 Å². The second-order valence-corrected chi connectivity index (χ2v) is 12.1. The van der Waals surface area contributed by atoms with Crippen molar-refractivity contribution in [2.75, 3.05) is 38.6 Å². The third-order valence-electron chi connectivity index (χ3n) is 7.79. The largest absolute Gasteiger partial charge is 0.497 e. The minimum absolute atomic E-state index is 0.0321. The van der Waals surface area contributed by atoms with Crippen LogP contribution in [0.25, 0.3) is 0 Å². The molecule has 4 rings (SSSR count). The third kappa shape index (κ3) is 8.91. The van der Waals surface area contributed by atoms with Gasteiger partial charge in [0.2, 0.25) is 0 Å². The molecule has 0 radical (unpaired) electrons. The summed E-state index contributed by atoms with van der Waals surface area (Å²) in [5.41, 5.74) is 3.28. The average Bonchev–Trinajstić information content (AvgIpc) is 3.49. The minimum atomic E-state index is -0.533. The molecule has 0 spiro atoms. The number of hydrogen-bond acceptors (Lipinski definition) is 6. The third-order valence-corrected chi connectivity index (χ3v) is 7.79. The van der Waals surface area contributed by atoms with E-state index in [9.17, 15) is 9.59 Å². The number of anilines is 1.